The van der Waals surface area contributed by atoms with Crippen molar-refractivity contribution < 1.29 is 17.9 Å². The Labute approximate surface area is 160 Å². The summed E-state index contributed by atoms with van der Waals surface area (Å²) in [5.74, 6) is 0.679. The fraction of sp³-hybridized carbons (Fsp3) is 0.444. The van der Waals surface area contributed by atoms with Crippen molar-refractivity contribution >= 4 is 17.3 Å². The molecule has 1 aromatic heterocycles. The standard InChI is InChI=1S/C18H23F3N4OS/c1-12(2)16-25-14(11-27-16)8-9-23-17(22-3)24-10-13-6-4-5-7-15(13)26-18(19,20)21/h4-7,11-12H,8-10H2,1-3H3,(H2,22,23,24). The Bertz CT molecular complexity index is 759. The highest BCUT2D eigenvalue weighted by Crippen LogP contribution is 2.26. The van der Waals surface area contributed by atoms with Crippen LogP contribution < -0.4 is 15.4 Å². The molecule has 1 aromatic carbocycles. The summed E-state index contributed by atoms with van der Waals surface area (Å²) in [6.45, 7) is 4.97. The molecule has 2 N–H and O–H groups in total. The zero-order valence-corrected chi connectivity index (χ0v) is 16.2. The summed E-state index contributed by atoms with van der Waals surface area (Å²) < 4.78 is 41.5. The maximum absolute atomic E-state index is 12.5. The number of hydrogen-bond donors (Lipinski definition) is 2. The van der Waals surface area contributed by atoms with Crippen molar-refractivity contribution in [1.29, 1.82) is 0 Å². The number of para-hydroxylation sites is 1. The van der Waals surface area contributed by atoms with E-state index in [9.17, 15) is 13.2 Å². The fourth-order valence-electron chi connectivity index (χ4n) is 2.29. The number of nitrogens with zero attached hydrogens (tertiary/aromatic N) is 2. The third-order valence-corrected chi connectivity index (χ3v) is 4.80. The lowest BCUT2D eigenvalue weighted by Gasteiger charge is -2.15. The molecule has 0 aliphatic rings. The Balaban J connectivity index is 1.85. The molecule has 0 bridgehead atoms. The molecule has 0 atom stereocenters. The van der Waals surface area contributed by atoms with Gasteiger partial charge in [-0.15, -0.1) is 24.5 Å². The van der Waals surface area contributed by atoms with E-state index in [2.05, 4.69) is 39.2 Å². The Morgan fingerprint density at radius 2 is 2.00 bits per heavy atom. The predicted molar refractivity (Wildman–Crippen MR) is 101 cm³/mol. The molecule has 0 aliphatic carbocycles. The third kappa shape index (κ3) is 7.09. The molecule has 0 unspecified atom stereocenters. The van der Waals surface area contributed by atoms with Crippen LogP contribution in [0.5, 0.6) is 5.75 Å². The fourth-order valence-corrected chi connectivity index (χ4v) is 3.15. The van der Waals surface area contributed by atoms with Crippen molar-refractivity contribution in [3.8, 4) is 5.75 Å². The van der Waals surface area contributed by atoms with Gasteiger partial charge >= 0.3 is 6.36 Å². The van der Waals surface area contributed by atoms with Gasteiger partial charge in [-0.25, -0.2) is 4.98 Å². The summed E-state index contributed by atoms with van der Waals surface area (Å²) in [6.07, 6.45) is -3.99. The summed E-state index contributed by atoms with van der Waals surface area (Å²) >= 11 is 1.65. The van der Waals surface area contributed by atoms with E-state index in [1.807, 2.05) is 5.38 Å². The first-order chi connectivity index (χ1) is 12.8. The molecule has 0 radical (unpaired) electrons. The predicted octanol–water partition coefficient (Wildman–Crippen LogP) is 4.07. The van der Waals surface area contributed by atoms with E-state index in [-0.39, 0.29) is 12.3 Å². The van der Waals surface area contributed by atoms with Crippen molar-refractivity contribution in [2.75, 3.05) is 13.6 Å². The number of nitrogens with one attached hydrogen (secondary N) is 2. The summed E-state index contributed by atoms with van der Waals surface area (Å²) in [5, 5.41) is 9.28. The highest BCUT2D eigenvalue weighted by Gasteiger charge is 2.31. The molecule has 0 amide bonds. The summed E-state index contributed by atoms with van der Waals surface area (Å²) in [7, 11) is 1.60. The number of benzene rings is 1. The Morgan fingerprint density at radius 1 is 1.26 bits per heavy atom. The van der Waals surface area contributed by atoms with Crippen molar-refractivity contribution in [2.24, 2.45) is 4.99 Å². The van der Waals surface area contributed by atoms with E-state index >= 15 is 0 Å². The molecule has 0 aliphatic heterocycles. The number of aliphatic imine (C=N–C) groups is 1. The highest BCUT2D eigenvalue weighted by atomic mass is 32.1. The first-order valence-corrected chi connectivity index (χ1v) is 9.39. The van der Waals surface area contributed by atoms with Gasteiger partial charge in [-0.3, -0.25) is 4.99 Å². The summed E-state index contributed by atoms with van der Waals surface area (Å²) in [6, 6.07) is 6.02. The van der Waals surface area contributed by atoms with Gasteiger partial charge in [-0.1, -0.05) is 32.0 Å². The maximum atomic E-state index is 12.5. The van der Waals surface area contributed by atoms with E-state index in [1.165, 1.54) is 12.1 Å². The molecular formula is C18H23F3N4OS. The third-order valence-electron chi connectivity index (χ3n) is 3.61. The number of ether oxygens (including phenoxy) is 1. The average Bonchev–Trinajstić information content (AvgIpc) is 3.07. The van der Waals surface area contributed by atoms with E-state index in [1.54, 1.807) is 30.5 Å². The van der Waals surface area contributed by atoms with Crippen LogP contribution in [0.2, 0.25) is 0 Å². The van der Waals surface area contributed by atoms with Crippen LogP contribution in [0.4, 0.5) is 13.2 Å². The van der Waals surface area contributed by atoms with E-state index in [0.29, 0.717) is 24.0 Å². The number of guanidine groups is 1. The normalized spacial score (nSPS) is 12.3. The summed E-state index contributed by atoms with van der Waals surface area (Å²) in [4.78, 5) is 8.65. The highest BCUT2D eigenvalue weighted by molar-refractivity contribution is 7.09. The maximum Gasteiger partial charge on any atom is 0.573 e. The second kappa shape index (κ2) is 9.59. The number of thiazole rings is 1. The van der Waals surface area contributed by atoms with Crippen LogP contribution in [0.1, 0.15) is 36.0 Å². The van der Waals surface area contributed by atoms with Crippen LogP contribution in [0.25, 0.3) is 0 Å². The average molecular weight is 400 g/mol. The smallest absolute Gasteiger partial charge is 0.405 e. The molecule has 0 saturated heterocycles. The van der Waals surface area contributed by atoms with Gasteiger partial charge in [0.15, 0.2) is 5.96 Å². The van der Waals surface area contributed by atoms with Crippen molar-refractivity contribution in [3.05, 3.63) is 45.9 Å². The van der Waals surface area contributed by atoms with Gasteiger partial charge in [-0.05, 0) is 6.07 Å². The van der Waals surface area contributed by atoms with E-state index in [0.717, 1.165) is 17.1 Å². The van der Waals surface area contributed by atoms with Crippen LogP contribution in [-0.4, -0.2) is 30.9 Å². The number of rotatable bonds is 7. The zero-order valence-electron chi connectivity index (χ0n) is 15.4. The lowest BCUT2D eigenvalue weighted by molar-refractivity contribution is -0.274. The van der Waals surface area contributed by atoms with Gasteiger partial charge in [0.05, 0.1) is 10.7 Å². The van der Waals surface area contributed by atoms with Crippen molar-refractivity contribution in [3.63, 3.8) is 0 Å². The molecule has 1 heterocycles. The lowest BCUT2D eigenvalue weighted by Crippen LogP contribution is -2.38. The van der Waals surface area contributed by atoms with Gasteiger partial charge in [0.2, 0.25) is 0 Å². The van der Waals surface area contributed by atoms with Crippen LogP contribution >= 0.6 is 11.3 Å². The van der Waals surface area contributed by atoms with Gasteiger partial charge in [0, 0.05) is 43.4 Å². The summed E-state index contributed by atoms with van der Waals surface area (Å²) in [5.41, 5.74) is 1.40. The SMILES string of the molecule is CN=C(NCCc1csc(C(C)C)n1)NCc1ccccc1OC(F)(F)F. The first-order valence-electron chi connectivity index (χ1n) is 8.51. The zero-order chi connectivity index (χ0) is 19.9. The minimum Gasteiger partial charge on any atom is -0.405 e. The Morgan fingerprint density at radius 3 is 2.63 bits per heavy atom. The molecule has 0 saturated carbocycles. The molecule has 27 heavy (non-hydrogen) atoms. The van der Waals surface area contributed by atoms with Crippen molar-refractivity contribution in [2.45, 2.75) is 39.1 Å². The number of alkyl halides is 3. The number of hydrogen-bond acceptors (Lipinski definition) is 4. The largest absolute Gasteiger partial charge is 0.573 e. The van der Waals surface area contributed by atoms with Crippen LogP contribution in [0.15, 0.2) is 34.6 Å². The number of halogens is 3. The monoisotopic (exact) mass is 400 g/mol. The quantitative estimate of drug-likeness (QED) is 0.543. The second-order valence-electron chi connectivity index (χ2n) is 6.09. The Hall–Kier alpha value is -2.29. The van der Waals surface area contributed by atoms with Gasteiger partial charge in [-0.2, -0.15) is 0 Å². The van der Waals surface area contributed by atoms with E-state index < -0.39 is 6.36 Å². The van der Waals surface area contributed by atoms with Crippen LogP contribution in [0, 0.1) is 0 Å². The molecule has 2 aromatic rings. The first kappa shape index (κ1) is 21.0. The molecular weight excluding hydrogens is 377 g/mol. The minimum atomic E-state index is -4.72. The van der Waals surface area contributed by atoms with Gasteiger partial charge in [0.25, 0.3) is 0 Å². The van der Waals surface area contributed by atoms with Gasteiger partial charge in [0.1, 0.15) is 5.75 Å². The van der Waals surface area contributed by atoms with E-state index in [4.69, 9.17) is 0 Å². The molecule has 2 rings (SSSR count). The van der Waals surface area contributed by atoms with Crippen LogP contribution in [-0.2, 0) is 13.0 Å². The topological polar surface area (TPSA) is 58.5 Å². The minimum absolute atomic E-state index is 0.153. The van der Waals surface area contributed by atoms with Crippen LogP contribution in [0.3, 0.4) is 0 Å². The van der Waals surface area contributed by atoms with Crippen molar-refractivity contribution in [1.82, 2.24) is 15.6 Å². The molecule has 9 heteroatoms. The molecule has 0 spiro atoms. The second-order valence-corrected chi connectivity index (χ2v) is 6.98. The molecule has 148 valence electrons. The van der Waals surface area contributed by atoms with Gasteiger partial charge < -0.3 is 15.4 Å². The number of aromatic nitrogens is 1. The molecule has 5 nitrogen and oxygen atoms in total. The Kier molecular flexibility index (Phi) is 7.46. The molecule has 0 fully saturated rings. The lowest BCUT2D eigenvalue weighted by atomic mass is 10.2.